The molecule has 0 atom stereocenters. The molecular weight excluding hydrogens is 378 g/mol. The third kappa shape index (κ3) is 4.99. The Morgan fingerprint density at radius 1 is 1.50 bits per heavy atom. The maximum Gasteiger partial charge on any atom is 0.349 e. The van der Waals surface area contributed by atoms with Crippen LogP contribution in [0.4, 0.5) is 0 Å². The normalized spacial score (nSPS) is 12.0. The Balaban J connectivity index is 3.06. The van der Waals surface area contributed by atoms with Gasteiger partial charge in [0.25, 0.3) is 0 Å². The van der Waals surface area contributed by atoms with E-state index in [0.29, 0.717) is 15.8 Å². The highest BCUT2D eigenvalue weighted by molar-refractivity contribution is 9.10. The van der Waals surface area contributed by atoms with Gasteiger partial charge in [-0.2, -0.15) is 0 Å². The molecule has 22 heavy (non-hydrogen) atoms. The number of carbonyl (C=O) groups excluding carboxylic acids is 1. The fourth-order valence-corrected chi connectivity index (χ4v) is 2.00. The van der Waals surface area contributed by atoms with E-state index in [1.165, 1.54) is 12.1 Å². The minimum absolute atomic E-state index is 0.248. The Morgan fingerprint density at radius 2 is 2.14 bits per heavy atom. The second-order valence-electron chi connectivity index (χ2n) is 4.74. The summed E-state index contributed by atoms with van der Waals surface area (Å²) in [4.78, 5) is 21.7. The second kappa shape index (κ2) is 7.60. The third-order valence-electron chi connectivity index (χ3n) is 2.56. The molecule has 0 fully saturated rings. The van der Waals surface area contributed by atoms with Gasteiger partial charge in [-0.3, -0.25) is 10.1 Å². The van der Waals surface area contributed by atoms with Crippen LogP contribution in [0, 0.1) is 10.1 Å². The largest absolute Gasteiger partial charge is 0.476 e. The van der Waals surface area contributed by atoms with E-state index < -0.39 is 21.6 Å². The SMILES string of the molecule is CCOC(=O)C(C)(C)Oc1ccc(Br)c(/C=C(\Cl)[N+](=O)[O-])c1. The zero-order chi connectivity index (χ0) is 16.9. The summed E-state index contributed by atoms with van der Waals surface area (Å²) in [5, 5.41) is 10.1. The molecule has 1 rings (SSSR count). The number of nitro groups is 1. The van der Waals surface area contributed by atoms with Gasteiger partial charge in [0.05, 0.1) is 11.5 Å². The van der Waals surface area contributed by atoms with Gasteiger partial charge in [-0.25, -0.2) is 4.79 Å². The topological polar surface area (TPSA) is 78.7 Å². The average molecular weight is 393 g/mol. The summed E-state index contributed by atoms with van der Waals surface area (Å²) < 4.78 is 11.2. The molecule has 0 N–H and O–H groups in total. The predicted octanol–water partition coefficient (Wildman–Crippen LogP) is 3.98. The van der Waals surface area contributed by atoms with Gasteiger partial charge in [-0.15, -0.1) is 0 Å². The predicted molar refractivity (Wildman–Crippen MR) is 86.3 cm³/mol. The number of nitrogens with zero attached hydrogens (tertiary/aromatic N) is 1. The molecule has 0 bridgehead atoms. The summed E-state index contributed by atoms with van der Waals surface area (Å²) in [6.07, 6.45) is 1.19. The lowest BCUT2D eigenvalue weighted by Crippen LogP contribution is -2.39. The molecule has 1 aromatic rings. The molecule has 0 radical (unpaired) electrons. The van der Waals surface area contributed by atoms with E-state index in [1.807, 2.05) is 0 Å². The fourth-order valence-electron chi connectivity index (χ4n) is 1.52. The van der Waals surface area contributed by atoms with Crippen molar-refractivity contribution in [3.8, 4) is 5.75 Å². The molecule has 0 spiro atoms. The highest BCUT2D eigenvalue weighted by atomic mass is 79.9. The highest BCUT2D eigenvalue weighted by Crippen LogP contribution is 2.28. The summed E-state index contributed by atoms with van der Waals surface area (Å²) in [7, 11) is 0. The van der Waals surface area contributed by atoms with E-state index in [0.717, 1.165) is 0 Å². The van der Waals surface area contributed by atoms with Crippen LogP contribution in [-0.4, -0.2) is 23.1 Å². The van der Waals surface area contributed by atoms with Gasteiger partial charge < -0.3 is 9.47 Å². The van der Waals surface area contributed by atoms with Crippen molar-refractivity contribution < 1.29 is 19.2 Å². The van der Waals surface area contributed by atoms with Crippen molar-refractivity contribution in [2.45, 2.75) is 26.4 Å². The molecule has 0 unspecified atom stereocenters. The molecule has 0 heterocycles. The lowest BCUT2D eigenvalue weighted by molar-refractivity contribution is -0.410. The zero-order valence-corrected chi connectivity index (χ0v) is 14.6. The Labute approximate surface area is 141 Å². The Morgan fingerprint density at radius 3 is 2.68 bits per heavy atom. The second-order valence-corrected chi connectivity index (χ2v) is 5.98. The summed E-state index contributed by atoms with van der Waals surface area (Å²) in [6.45, 7) is 5.10. The Bertz CT molecular complexity index is 615. The lowest BCUT2D eigenvalue weighted by atomic mass is 10.1. The third-order valence-corrected chi connectivity index (χ3v) is 3.53. The minimum atomic E-state index is -1.18. The van der Waals surface area contributed by atoms with Crippen molar-refractivity contribution in [1.29, 1.82) is 0 Å². The number of rotatable bonds is 6. The van der Waals surface area contributed by atoms with Crippen LogP contribution in [-0.2, 0) is 9.53 Å². The van der Waals surface area contributed by atoms with Crippen molar-refractivity contribution in [3.63, 3.8) is 0 Å². The Hall–Kier alpha value is -1.60. The van der Waals surface area contributed by atoms with Crippen LogP contribution in [0.15, 0.2) is 27.8 Å². The molecule has 0 aliphatic rings. The number of ether oxygens (including phenoxy) is 2. The molecular formula is C14H15BrClNO5. The molecule has 6 nitrogen and oxygen atoms in total. The number of esters is 1. The first-order valence-electron chi connectivity index (χ1n) is 6.34. The van der Waals surface area contributed by atoms with Crippen molar-refractivity contribution in [2.75, 3.05) is 6.61 Å². The van der Waals surface area contributed by atoms with Crippen LogP contribution in [0.2, 0.25) is 0 Å². The monoisotopic (exact) mass is 391 g/mol. The summed E-state index contributed by atoms with van der Waals surface area (Å²) >= 11 is 8.79. The fraction of sp³-hybridized carbons (Fsp3) is 0.357. The van der Waals surface area contributed by atoms with Gasteiger partial charge in [-0.05, 0) is 50.6 Å². The van der Waals surface area contributed by atoms with Gasteiger partial charge >= 0.3 is 11.1 Å². The quantitative estimate of drug-likeness (QED) is 0.317. The smallest absolute Gasteiger partial charge is 0.349 e. The molecule has 120 valence electrons. The number of hydrogen-bond acceptors (Lipinski definition) is 5. The van der Waals surface area contributed by atoms with Gasteiger partial charge in [0, 0.05) is 16.1 Å². The maximum atomic E-state index is 11.8. The van der Waals surface area contributed by atoms with E-state index in [2.05, 4.69) is 15.9 Å². The molecule has 0 saturated carbocycles. The van der Waals surface area contributed by atoms with Crippen molar-refractivity contribution >= 4 is 39.6 Å². The van der Waals surface area contributed by atoms with E-state index in [4.69, 9.17) is 21.1 Å². The van der Waals surface area contributed by atoms with Gasteiger partial charge in [0.15, 0.2) is 5.60 Å². The summed E-state index contributed by atoms with van der Waals surface area (Å²) in [5.74, 6) is -0.140. The lowest BCUT2D eigenvalue weighted by Gasteiger charge is -2.24. The van der Waals surface area contributed by atoms with Crippen LogP contribution in [0.1, 0.15) is 26.3 Å². The van der Waals surface area contributed by atoms with Crippen molar-refractivity contribution in [1.82, 2.24) is 0 Å². The molecule has 0 saturated heterocycles. The molecule has 8 heteroatoms. The van der Waals surface area contributed by atoms with Crippen LogP contribution < -0.4 is 4.74 Å². The summed E-state index contributed by atoms with van der Waals surface area (Å²) in [6, 6.07) is 4.81. The minimum Gasteiger partial charge on any atom is -0.476 e. The number of benzene rings is 1. The number of hydrogen-bond donors (Lipinski definition) is 0. The highest BCUT2D eigenvalue weighted by Gasteiger charge is 2.31. The molecule has 1 aromatic carbocycles. The molecule has 0 amide bonds. The number of halogens is 2. The van der Waals surface area contributed by atoms with Crippen molar-refractivity contribution in [2.24, 2.45) is 0 Å². The van der Waals surface area contributed by atoms with E-state index >= 15 is 0 Å². The zero-order valence-electron chi connectivity index (χ0n) is 12.3. The van der Waals surface area contributed by atoms with Gasteiger partial charge in [-0.1, -0.05) is 15.9 Å². The Kier molecular flexibility index (Phi) is 6.37. The standard InChI is InChI=1S/C14H15BrClNO5/c1-4-21-13(18)14(2,3)22-10-5-6-11(15)9(7-10)8-12(16)17(19)20/h5-8H,4H2,1-3H3/b12-8+. The van der Waals surface area contributed by atoms with Gasteiger partial charge in [0.2, 0.25) is 0 Å². The first kappa shape index (κ1) is 18.4. The number of carbonyl (C=O) groups is 1. The first-order valence-corrected chi connectivity index (χ1v) is 7.52. The van der Waals surface area contributed by atoms with Crippen LogP contribution in [0.25, 0.3) is 6.08 Å². The molecule has 0 aliphatic carbocycles. The van der Waals surface area contributed by atoms with E-state index in [9.17, 15) is 14.9 Å². The van der Waals surface area contributed by atoms with E-state index in [-0.39, 0.29) is 6.61 Å². The maximum absolute atomic E-state index is 11.8. The van der Waals surface area contributed by atoms with Crippen LogP contribution in [0.3, 0.4) is 0 Å². The molecule has 0 aromatic heterocycles. The van der Waals surface area contributed by atoms with Gasteiger partial charge in [0.1, 0.15) is 5.75 Å². The van der Waals surface area contributed by atoms with E-state index in [1.54, 1.807) is 32.9 Å². The molecule has 0 aliphatic heterocycles. The first-order chi connectivity index (χ1) is 10.2. The van der Waals surface area contributed by atoms with Crippen LogP contribution in [0.5, 0.6) is 5.75 Å². The van der Waals surface area contributed by atoms with Crippen molar-refractivity contribution in [3.05, 3.63) is 43.5 Å². The summed E-state index contributed by atoms with van der Waals surface area (Å²) in [5.41, 5.74) is -0.726. The van der Waals surface area contributed by atoms with Crippen LogP contribution >= 0.6 is 27.5 Å². The average Bonchev–Trinajstić information content (AvgIpc) is 2.42.